The number of carbonyl (C=O) groups is 1. The first-order valence-electron chi connectivity index (χ1n) is 9.43. The molecule has 146 valence electrons. The van der Waals surface area contributed by atoms with Crippen LogP contribution in [0, 0.1) is 0 Å². The summed E-state index contributed by atoms with van der Waals surface area (Å²) >= 11 is 0. The topological polar surface area (TPSA) is 72.0 Å². The van der Waals surface area contributed by atoms with Gasteiger partial charge in [-0.2, -0.15) is 0 Å². The van der Waals surface area contributed by atoms with Crippen molar-refractivity contribution in [2.45, 2.75) is 45.6 Å². The lowest BCUT2D eigenvalue weighted by atomic mass is 10.1. The SMILES string of the molecule is CCNC(=NCCCOC(C)c1ccccc1)NCCCCC(=O)OC. The van der Waals surface area contributed by atoms with E-state index in [1.54, 1.807) is 0 Å². The maximum absolute atomic E-state index is 11.1. The lowest BCUT2D eigenvalue weighted by molar-refractivity contribution is -0.140. The van der Waals surface area contributed by atoms with E-state index >= 15 is 0 Å². The third kappa shape index (κ3) is 10.0. The minimum absolute atomic E-state index is 0.0985. The number of ether oxygens (including phenoxy) is 2. The number of benzene rings is 1. The fraction of sp³-hybridized carbons (Fsp3) is 0.600. The number of hydrogen-bond acceptors (Lipinski definition) is 4. The van der Waals surface area contributed by atoms with Gasteiger partial charge in [-0.05, 0) is 38.7 Å². The molecule has 1 unspecified atom stereocenters. The Morgan fingerprint density at radius 3 is 2.62 bits per heavy atom. The molecular weight excluding hydrogens is 330 g/mol. The normalized spacial score (nSPS) is 12.5. The number of nitrogens with zero attached hydrogens (tertiary/aromatic N) is 1. The van der Waals surface area contributed by atoms with Crippen molar-refractivity contribution in [3.05, 3.63) is 35.9 Å². The first kappa shape index (κ1) is 22.0. The highest BCUT2D eigenvalue weighted by Crippen LogP contribution is 2.15. The number of guanidine groups is 1. The number of hydrogen-bond donors (Lipinski definition) is 2. The van der Waals surface area contributed by atoms with E-state index in [1.165, 1.54) is 12.7 Å². The van der Waals surface area contributed by atoms with Crippen LogP contribution >= 0.6 is 0 Å². The number of esters is 1. The van der Waals surface area contributed by atoms with Gasteiger partial charge in [0.1, 0.15) is 0 Å². The molecule has 0 spiro atoms. The number of carbonyl (C=O) groups excluding carboxylic acids is 1. The van der Waals surface area contributed by atoms with Crippen LogP contribution in [-0.4, -0.2) is 45.3 Å². The smallest absolute Gasteiger partial charge is 0.305 e. The van der Waals surface area contributed by atoms with Gasteiger partial charge in [-0.3, -0.25) is 9.79 Å². The molecule has 2 N–H and O–H groups in total. The average molecular weight is 364 g/mol. The zero-order valence-corrected chi connectivity index (χ0v) is 16.3. The zero-order chi connectivity index (χ0) is 19.0. The van der Waals surface area contributed by atoms with Gasteiger partial charge in [-0.1, -0.05) is 30.3 Å². The Hall–Kier alpha value is -2.08. The number of nitrogens with one attached hydrogen (secondary N) is 2. The van der Waals surface area contributed by atoms with Crippen molar-refractivity contribution in [3.8, 4) is 0 Å². The summed E-state index contributed by atoms with van der Waals surface area (Å²) in [4.78, 5) is 15.6. The highest BCUT2D eigenvalue weighted by Gasteiger charge is 2.04. The first-order chi connectivity index (χ1) is 12.7. The van der Waals surface area contributed by atoms with Gasteiger partial charge in [0.15, 0.2) is 5.96 Å². The molecule has 0 aliphatic carbocycles. The van der Waals surface area contributed by atoms with Crippen LogP contribution in [0.25, 0.3) is 0 Å². The van der Waals surface area contributed by atoms with E-state index in [0.717, 1.165) is 38.3 Å². The molecule has 0 amide bonds. The standard InChI is InChI=1S/C20H33N3O3/c1-4-21-20(22-14-9-8-13-19(24)25-3)23-15-10-16-26-17(2)18-11-6-5-7-12-18/h5-7,11-12,17H,4,8-10,13-16H2,1-3H3,(H2,21,22,23). The van der Waals surface area contributed by atoms with E-state index in [-0.39, 0.29) is 12.1 Å². The average Bonchev–Trinajstić information content (AvgIpc) is 2.67. The van der Waals surface area contributed by atoms with Crippen LogP contribution in [0.4, 0.5) is 0 Å². The van der Waals surface area contributed by atoms with Crippen LogP contribution in [0.5, 0.6) is 0 Å². The fourth-order valence-corrected chi connectivity index (χ4v) is 2.38. The van der Waals surface area contributed by atoms with Gasteiger partial charge < -0.3 is 20.1 Å². The summed E-state index contributed by atoms with van der Waals surface area (Å²) in [5.74, 6) is 0.650. The van der Waals surface area contributed by atoms with Gasteiger partial charge in [0.25, 0.3) is 0 Å². The number of unbranched alkanes of at least 4 members (excludes halogenated alkanes) is 1. The molecule has 1 aromatic carbocycles. The molecule has 6 nitrogen and oxygen atoms in total. The fourth-order valence-electron chi connectivity index (χ4n) is 2.38. The predicted octanol–water partition coefficient (Wildman–Crippen LogP) is 3.05. The van der Waals surface area contributed by atoms with Gasteiger partial charge in [0.05, 0.1) is 13.2 Å². The van der Waals surface area contributed by atoms with Crippen molar-refractivity contribution < 1.29 is 14.3 Å². The van der Waals surface area contributed by atoms with Gasteiger partial charge in [-0.25, -0.2) is 0 Å². The Bertz CT molecular complexity index is 520. The van der Waals surface area contributed by atoms with E-state index in [9.17, 15) is 4.79 Å². The molecule has 0 aliphatic rings. The van der Waals surface area contributed by atoms with Crippen molar-refractivity contribution in [2.75, 3.05) is 33.4 Å². The van der Waals surface area contributed by atoms with E-state index in [2.05, 4.69) is 39.4 Å². The Morgan fingerprint density at radius 1 is 1.15 bits per heavy atom. The second-order valence-corrected chi connectivity index (χ2v) is 6.00. The molecule has 6 heteroatoms. The maximum Gasteiger partial charge on any atom is 0.305 e. The molecule has 1 rings (SSSR count). The van der Waals surface area contributed by atoms with Gasteiger partial charge >= 0.3 is 5.97 Å². The van der Waals surface area contributed by atoms with Crippen LogP contribution in [0.2, 0.25) is 0 Å². The van der Waals surface area contributed by atoms with Gasteiger partial charge in [0.2, 0.25) is 0 Å². The molecule has 0 bridgehead atoms. The summed E-state index contributed by atoms with van der Waals surface area (Å²) in [5.41, 5.74) is 1.19. The van der Waals surface area contributed by atoms with E-state index < -0.39 is 0 Å². The molecule has 0 aromatic heterocycles. The summed E-state index contributed by atoms with van der Waals surface area (Å²) in [5, 5.41) is 6.51. The van der Waals surface area contributed by atoms with Crippen molar-refractivity contribution >= 4 is 11.9 Å². The van der Waals surface area contributed by atoms with Gasteiger partial charge in [0, 0.05) is 32.7 Å². The highest BCUT2D eigenvalue weighted by molar-refractivity contribution is 5.79. The Labute approximate surface area is 157 Å². The number of aliphatic imine (C=N–C) groups is 1. The van der Waals surface area contributed by atoms with Gasteiger partial charge in [-0.15, -0.1) is 0 Å². The molecule has 0 heterocycles. The third-order valence-corrected chi connectivity index (χ3v) is 3.88. The van der Waals surface area contributed by atoms with Crippen LogP contribution < -0.4 is 10.6 Å². The Balaban J connectivity index is 2.19. The molecular formula is C20H33N3O3. The summed E-state index contributed by atoms with van der Waals surface area (Å²) in [6, 6.07) is 10.2. The van der Waals surface area contributed by atoms with Crippen LogP contribution in [0.1, 0.15) is 51.2 Å². The number of methoxy groups -OCH3 is 1. The first-order valence-corrected chi connectivity index (χ1v) is 9.43. The van der Waals surface area contributed by atoms with Crippen molar-refractivity contribution in [1.29, 1.82) is 0 Å². The summed E-state index contributed by atoms with van der Waals surface area (Å²) in [6.45, 7) is 7.09. The quantitative estimate of drug-likeness (QED) is 0.258. The highest BCUT2D eigenvalue weighted by atomic mass is 16.5. The minimum atomic E-state index is -0.157. The lowest BCUT2D eigenvalue weighted by Gasteiger charge is -2.13. The second kappa shape index (κ2) is 14.1. The molecule has 1 aromatic rings. The van der Waals surface area contributed by atoms with Crippen LogP contribution in [0.3, 0.4) is 0 Å². The summed E-state index contributed by atoms with van der Waals surface area (Å²) < 4.78 is 10.5. The second-order valence-electron chi connectivity index (χ2n) is 6.00. The van der Waals surface area contributed by atoms with Crippen molar-refractivity contribution in [2.24, 2.45) is 4.99 Å². The molecule has 0 saturated carbocycles. The monoisotopic (exact) mass is 363 g/mol. The minimum Gasteiger partial charge on any atom is -0.469 e. The van der Waals surface area contributed by atoms with Crippen molar-refractivity contribution in [1.82, 2.24) is 10.6 Å². The lowest BCUT2D eigenvalue weighted by Crippen LogP contribution is -2.38. The van der Waals surface area contributed by atoms with E-state index in [1.807, 2.05) is 25.1 Å². The van der Waals surface area contributed by atoms with Crippen LogP contribution in [-0.2, 0) is 14.3 Å². The molecule has 0 fully saturated rings. The van der Waals surface area contributed by atoms with E-state index in [4.69, 9.17) is 4.74 Å². The largest absolute Gasteiger partial charge is 0.469 e. The van der Waals surface area contributed by atoms with E-state index in [0.29, 0.717) is 19.6 Å². The summed E-state index contributed by atoms with van der Waals surface area (Å²) in [7, 11) is 1.42. The maximum atomic E-state index is 11.1. The number of rotatable bonds is 12. The van der Waals surface area contributed by atoms with Crippen molar-refractivity contribution in [3.63, 3.8) is 0 Å². The Kier molecular flexibility index (Phi) is 11.9. The molecule has 0 aliphatic heterocycles. The molecule has 1 atom stereocenters. The van der Waals surface area contributed by atoms with Crippen LogP contribution in [0.15, 0.2) is 35.3 Å². The predicted molar refractivity (Wildman–Crippen MR) is 105 cm³/mol. The molecule has 0 saturated heterocycles. The zero-order valence-electron chi connectivity index (χ0n) is 16.3. The Morgan fingerprint density at radius 2 is 1.92 bits per heavy atom. The molecule has 26 heavy (non-hydrogen) atoms. The third-order valence-electron chi connectivity index (χ3n) is 3.88. The molecule has 0 radical (unpaired) electrons. The summed E-state index contributed by atoms with van der Waals surface area (Å²) in [6.07, 6.45) is 3.14.